The van der Waals surface area contributed by atoms with Crippen molar-refractivity contribution >= 4 is 27.5 Å². The van der Waals surface area contributed by atoms with Gasteiger partial charge in [-0.3, -0.25) is 4.79 Å². The second kappa shape index (κ2) is 9.19. The molecule has 0 aromatic heterocycles. The van der Waals surface area contributed by atoms with E-state index in [0.29, 0.717) is 13.0 Å². The van der Waals surface area contributed by atoms with Gasteiger partial charge in [0.05, 0.1) is 17.9 Å². The standard InChI is InChI=1S/C23H27BrN2O/c1-5-15-26-21-16-19(24)9-10-20(21)23(13-14-25,22(26)27)12-11-18(4)8-6-7-17(2)3/h5,7,9-11,16H,1,6,8,12-13,15H2,2-4H3/b18-11-/t23-/m0/s1. The summed E-state index contributed by atoms with van der Waals surface area (Å²) in [6.45, 7) is 10.5. The maximum absolute atomic E-state index is 13.4. The van der Waals surface area contributed by atoms with Gasteiger partial charge >= 0.3 is 0 Å². The van der Waals surface area contributed by atoms with Crippen molar-refractivity contribution in [2.75, 3.05) is 11.4 Å². The van der Waals surface area contributed by atoms with Crippen molar-refractivity contribution in [2.24, 2.45) is 0 Å². The molecule has 1 aromatic carbocycles. The lowest BCUT2D eigenvalue weighted by Gasteiger charge is -2.25. The van der Waals surface area contributed by atoms with Crippen molar-refractivity contribution in [1.82, 2.24) is 0 Å². The highest BCUT2D eigenvalue weighted by atomic mass is 79.9. The van der Waals surface area contributed by atoms with E-state index in [9.17, 15) is 10.1 Å². The number of carbonyl (C=O) groups excluding carboxylic acids is 1. The summed E-state index contributed by atoms with van der Waals surface area (Å²) in [6, 6.07) is 8.14. The molecule has 0 aliphatic carbocycles. The van der Waals surface area contributed by atoms with Crippen molar-refractivity contribution in [3.63, 3.8) is 0 Å². The highest BCUT2D eigenvalue weighted by Gasteiger charge is 2.49. The van der Waals surface area contributed by atoms with E-state index in [1.807, 2.05) is 18.2 Å². The third-order valence-corrected chi connectivity index (χ3v) is 5.50. The van der Waals surface area contributed by atoms with Crippen LogP contribution in [0.1, 0.15) is 52.0 Å². The number of benzene rings is 1. The van der Waals surface area contributed by atoms with Gasteiger partial charge in [0.25, 0.3) is 0 Å². The van der Waals surface area contributed by atoms with E-state index in [4.69, 9.17) is 0 Å². The molecule has 1 aromatic rings. The van der Waals surface area contributed by atoms with Crippen LogP contribution in [0.2, 0.25) is 0 Å². The van der Waals surface area contributed by atoms with Crippen LogP contribution in [-0.2, 0) is 10.2 Å². The molecule has 0 N–H and O–H groups in total. The molecule has 1 heterocycles. The number of allylic oxidation sites excluding steroid dienone is 4. The fraction of sp³-hybridized carbons (Fsp3) is 0.391. The minimum absolute atomic E-state index is 0.00889. The van der Waals surface area contributed by atoms with Crippen LogP contribution in [0.15, 0.2) is 58.6 Å². The zero-order valence-corrected chi connectivity index (χ0v) is 18.0. The zero-order valence-electron chi connectivity index (χ0n) is 16.4. The fourth-order valence-electron chi connectivity index (χ4n) is 3.54. The molecule has 2 rings (SSSR count). The van der Waals surface area contributed by atoms with E-state index in [0.717, 1.165) is 28.6 Å². The van der Waals surface area contributed by atoms with Crippen molar-refractivity contribution in [3.05, 3.63) is 64.2 Å². The number of fused-ring (bicyclic) bond motifs is 1. The van der Waals surface area contributed by atoms with Gasteiger partial charge in [-0.1, -0.05) is 51.4 Å². The summed E-state index contributed by atoms with van der Waals surface area (Å²) in [6.07, 6.45) is 8.76. The average molecular weight is 427 g/mol. The molecule has 0 spiro atoms. The number of nitriles is 1. The summed E-state index contributed by atoms with van der Waals surface area (Å²) in [4.78, 5) is 15.1. The number of nitrogens with zero attached hydrogens (tertiary/aromatic N) is 2. The van der Waals surface area contributed by atoms with Crippen LogP contribution in [0.25, 0.3) is 0 Å². The maximum atomic E-state index is 13.4. The number of carbonyl (C=O) groups is 1. The predicted molar refractivity (Wildman–Crippen MR) is 116 cm³/mol. The zero-order chi connectivity index (χ0) is 20.0. The third kappa shape index (κ3) is 4.59. The van der Waals surface area contributed by atoms with Gasteiger partial charge in [0.2, 0.25) is 5.91 Å². The van der Waals surface area contributed by atoms with Crippen LogP contribution < -0.4 is 4.90 Å². The largest absolute Gasteiger partial charge is 0.307 e. The normalized spacial score (nSPS) is 18.9. The van der Waals surface area contributed by atoms with E-state index in [2.05, 4.69) is 61.5 Å². The molecule has 0 fully saturated rings. The Kier molecular flexibility index (Phi) is 7.21. The van der Waals surface area contributed by atoms with Gasteiger partial charge in [-0.25, -0.2) is 0 Å². The smallest absolute Gasteiger partial charge is 0.239 e. The Balaban J connectivity index is 2.39. The van der Waals surface area contributed by atoms with E-state index >= 15 is 0 Å². The van der Waals surface area contributed by atoms with Crippen molar-refractivity contribution < 1.29 is 4.79 Å². The summed E-state index contributed by atoms with van der Waals surface area (Å²) in [7, 11) is 0. The third-order valence-electron chi connectivity index (χ3n) is 5.00. The molecule has 0 radical (unpaired) electrons. The first-order valence-corrected chi connectivity index (χ1v) is 10.0. The quantitative estimate of drug-likeness (QED) is 0.463. The first-order valence-electron chi connectivity index (χ1n) is 9.24. The number of hydrogen-bond donors (Lipinski definition) is 0. The number of hydrogen-bond acceptors (Lipinski definition) is 2. The molecule has 0 bridgehead atoms. The molecule has 4 heteroatoms. The van der Waals surface area contributed by atoms with Crippen LogP contribution in [0.3, 0.4) is 0 Å². The Morgan fingerprint density at radius 2 is 2.07 bits per heavy atom. The molecule has 1 atom stereocenters. The van der Waals surface area contributed by atoms with Gasteiger partial charge in [0.15, 0.2) is 0 Å². The van der Waals surface area contributed by atoms with Gasteiger partial charge in [-0.15, -0.1) is 6.58 Å². The van der Waals surface area contributed by atoms with Gasteiger partial charge in [-0.05, 0) is 57.7 Å². The van der Waals surface area contributed by atoms with E-state index < -0.39 is 5.41 Å². The number of amides is 1. The summed E-state index contributed by atoms with van der Waals surface area (Å²) >= 11 is 3.50. The monoisotopic (exact) mass is 426 g/mol. The Labute approximate surface area is 171 Å². The number of rotatable bonds is 8. The van der Waals surface area contributed by atoms with Gasteiger partial charge in [0.1, 0.15) is 0 Å². The molecule has 3 nitrogen and oxygen atoms in total. The van der Waals surface area contributed by atoms with Crippen LogP contribution in [0.4, 0.5) is 5.69 Å². The van der Waals surface area contributed by atoms with E-state index in [1.54, 1.807) is 11.0 Å². The summed E-state index contributed by atoms with van der Waals surface area (Å²) in [5.41, 5.74) is 3.56. The van der Waals surface area contributed by atoms with Crippen molar-refractivity contribution in [1.29, 1.82) is 5.26 Å². The van der Waals surface area contributed by atoms with Crippen molar-refractivity contribution in [3.8, 4) is 6.07 Å². The minimum atomic E-state index is -0.814. The molecule has 0 saturated carbocycles. The van der Waals surface area contributed by atoms with E-state index in [-0.39, 0.29) is 12.3 Å². The van der Waals surface area contributed by atoms with Gasteiger partial charge in [-0.2, -0.15) is 5.26 Å². The number of anilines is 1. The highest BCUT2D eigenvalue weighted by Crippen LogP contribution is 2.47. The highest BCUT2D eigenvalue weighted by molar-refractivity contribution is 9.10. The molecular weight excluding hydrogens is 400 g/mol. The number of halogens is 1. The van der Waals surface area contributed by atoms with Crippen molar-refractivity contribution in [2.45, 2.75) is 51.9 Å². The van der Waals surface area contributed by atoms with Crippen LogP contribution >= 0.6 is 15.9 Å². The molecule has 1 amide bonds. The lowest BCUT2D eigenvalue weighted by Crippen LogP contribution is -2.40. The second-order valence-electron chi connectivity index (χ2n) is 7.36. The first-order chi connectivity index (χ1) is 12.9. The minimum Gasteiger partial charge on any atom is -0.307 e. The molecule has 1 aliphatic rings. The van der Waals surface area contributed by atoms with Gasteiger partial charge < -0.3 is 4.90 Å². The second-order valence-corrected chi connectivity index (χ2v) is 8.27. The molecule has 1 aliphatic heterocycles. The summed E-state index contributed by atoms with van der Waals surface area (Å²) in [5, 5.41) is 9.50. The fourth-order valence-corrected chi connectivity index (χ4v) is 3.89. The SMILES string of the molecule is C=CCN1C(=O)[C@](CC#N)(C/C=C(/C)CCC=C(C)C)c2ccc(Br)cc21. The van der Waals surface area contributed by atoms with Crippen LogP contribution in [0, 0.1) is 11.3 Å². The maximum Gasteiger partial charge on any atom is 0.239 e. The Hall–Kier alpha value is -2.12. The molecular formula is C23H27BrN2O. The predicted octanol–water partition coefficient (Wildman–Crippen LogP) is 6.22. The lowest BCUT2D eigenvalue weighted by atomic mass is 9.75. The van der Waals surface area contributed by atoms with E-state index in [1.165, 1.54) is 11.1 Å². The molecule has 0 unspecified atom stereocenters. The van der Waals surface area contributed by atoms with Crippen LogP contribution in [0.5, 0.6) is 0 Å². The Morgan fingerprint density at radius 1 is 1.33 bits per heavy atom. The first kappa shape index (κ1) is 21.2. The Morgan fingerprint density at radius 3 is 2.70 bits per heavy atom. The summed E-state index contributed by atoms with van der Waals surface area (Å²) in [5.74, 6) is -0.00889. The average Bonchev–Trinajstić information content (AvgIpc) is 2.83. The topological polar surface area (TPSA) is 44.1 Å². The molecule has 27 heavy (non-hydrogen) atoms. The molecule has 0 saturated heterocycles. The van der Waals surface area contributed by atoms with Crippen LogP contribution in [-0.4, -0.2) is 12.5 Å². The lowest BCUT2D eigenvalue weighted by molar-refractivity contribution is -0.122. The molecule has 142 valence electrons. The summed E-state index contributed by atoms with van der Waals surface area (Å²) < 4.78 is 0.921. The Bertz CT molecular complexity index is 827. The van der Waals surface area contributed by atoms with Gasteiger partial charge in [0, 0.05) is 16.7 Å².